The summed E-state index contributed by atoms with van der Waals surface area (Å²) in [6.07, 6.45) is 3.06. The summed E-state index contributed by atoms with van der Waals surface area (Å²) in [5.74, 6) is 1.23. The Morgan fingerprint density at radius 2 is 2.18 bits per heavy atom. The minimum Gasteiger partial charge on any atom is -0.316 e. The average molecular weight is 234 g/mol. The van der Waals surface area contributed by atoms with E-state index >= 15 is 0 Å². The van der Waals surface area contributed by atoms with Crippen LogP contribution in [-0.2, 0) is 13.0 Å². The minimum absolute atomic E-state index is 0.0667. The lowest BCUT2D eigenvalue weighted by atomic mass is 9.98. The molecule has 2 aliphatic heterocycles. The van der Waals surface area contributed by atoms with Crippen molar-refractivity contribution in [2.24, 2.45) is 0 Å². The van der Waals surface area contributed by atoms with Crippen LogP contribution >= 0.6 is 0 Å². The first-order valence-electron chi connectivity index (χ1n) is 6.38. The van der Waals surface area contributed by atoms with E-state index in [0.29, 0.717) is 5.92 Å². The Bertz CT molecular complexity index is 462. The molecular formula is C12H18N4O. The van der Waals surface area contributed by atoms with Gasteiger partial charge in [-0.05, 0) is 32.4 Å². The first kappa shape index (κ1) is 10.9. The Balaban J connectivity index is 1.95. The van der Waals surface area contributed by atoms with Crippen molar-refractivity contribution >= 4 is 0 Å². The molecule has 0 bridgehead atoms. The predicted molar refractivity (Wildman–Crippen MR) is 65.1 cm³/mol. The summed E-state index contributed by atoms with van der Waals surface area (Å²) in [5.41, 5.74) is 1.88. The number of hydrogen-bond donors (Lipinski definition) is 3. The van der Waals surface area contributed by atoms with E-state index in [4.69, 9.17) is 0 Å². The van der Waals surface area contributed by atoms with Crippen LogP contribution in [0.4, 0.5) is 0 Å². The SMILES string of the molecule is O=c1[nH]c(C2CCCNC2)nc2c1CCNC2. The van der Waals surface area contributed by atoms with Crippen molar-refractivity contribution in [1.82, 2.24) is 20.6 Å². The van der Waals surface area contributed by atoms with E-state index in [1.54, 1.807) is 0 Å². The van der Waals surface area contributed by atoms with Crippen LogP contribution in [0.5, 0.6) is 0 Å². The Morgan fingerprint density at radius 1 is 1.24 bits per heavy atom. The van der Waals surface area contributed by atoms with Gasteiger partial charge in [0, 0.05) is 24.6 Å². The highest BCUT2D eigenvalue weighted by molar-refractivity contribution is 5.21. The van der Waals surface area contributed by atoms with E-state index in [9.17, 15) is 4.79 Å². The smallest absolute Gasteiger partial charge is 0.254 e. The number of hydrogen-bond acceptors (Lipinski definition) is 4. The van der Waals surface area contributed by atoms with Crippen molar-refractivity contribution in [3.05, 3.63) is 27.4 Å². The zero-order chi connectivity index (χ0) is 11.7. The van der Waals surface area contributed by atoms with Crippen LogP contribution < -0.4 is 16.2 Å². The van der Waals surface area contributed by atoms with Gasteiger partial charge in [0.1, 0.15) is 5.82 Å². The molecule has 1 atom stereocenters. The quantitative estimate of drug-likeness (QED) is 0.634. The molecule has 5 nitrogen and oxygen atoms in total. The predicted octanol–water partition coefficient (Wildman–Crippen LogP) is -0.117. The maximum atomic E-state index is 12.0. The molecule has 0 spiro atoms. The second-order valence-corrected chi connectivity index (χ2v) is 4.85. The molecule has 5 heteroatoms. The van der Waals surface area contributed by atoms with Gasteiger partial charge in [-0.1, -0.05) is 0 Å². The van der Waals surface area contributed by atoms with Gasteiger partial charge in [-0.25, -0.2) is 4.98 Å². The van der Waals surface area contributed by atoms with Gasteiger partial charge in [-0.3, -0.25) is 4.79 Å². The van der Waals surface area contributed by atoms with Crippen molar-refractivity contribution in [3.8, 4) is 0 Å². The Morgan fingerprint density at radius 3 is 3.00 bits per heavy atom. The normalized spacial score (nSPS) is 24.4. The Hall–Kier alpha value is -1.20. The molecule has 0 aromatic carbocycles. The molecule has 1 fully saturated rings. The van der Waals surface area contributed by atoms with Crippen LogP contribution in [-0.4, -0.2) is 29.6 Å². The van der Waals surface area contributed by atoms with Gasteiger partial charge >= 0.3 is 0 Å². The second-order valence-electron chi connectivity index (χ2n) is 4.85. The summed E-state index contributed by atoms with van der Waals surface area (Å²) in [5, 5.41) is 6.62. The number of aromatic amines is 1. The Labute approximate surface area is 100 Å². The van der Waals surface area contributed by atoms with E-state index < -0.39 is 0 Å². The molecule has 3 heterocycles. The number of H-pyrrole nitrogens is 1. The number of piperidine rings is 1. The third-order valence-corrected chi connectivity index (χ3v) is 3.65. The molecule has 0 radical (unpaired) electrons. The summed E-state index contributed by atoms with van der Waals surface area (Å²) in [6, 6.07) is 0. The first-order valence-corrected chi connectivity index (χ1v) is 6.38. The summed E-state index contributed by atoms with van der Waals surface area (Å²) < 4.78 is 0. The summed E-state index contributed by atoms with van der Waals surface area (Å²) in [6.45, 7) is 3.61. The lowest BCUT2D eigenvalue weighted by Gasteiger charge is -2.23. The molecule has 0 amide bonds. The zero-order valence-electron chi connectivity index (χ0n) is 9.88. The molecule has 3 N–H and O–H groups in total. The third kappa shape index (κ3) is 2.12. The lowest BCUT2D eigenvalue weighted by Crippen LogP contribution is -2.35. The molecule has 92 valence electrons. The topological polar surface area (TPSA) is 69.8 Å². The van der Waals surface area contributed by atoms with Crippen molar-refractivity contribution in [2.45, 2.75) is 31.7 Å². The molecule has 1 aromatic heterocycles. The van der Waals surface area contributed by atoms with Crippen LogP contribution in [0.15, 0.2) is 4.79 Å². The minimum atomic E-state index is 0.0667. The fourth-order valence-corrected chi connectivity index (χ4v) is 2.67. The number of nitrogens with zero attached hydrogens (tertiary/aromatic N) is 1. The van der Waals surface area contributed by atoms with Crippen molar-refractivity contribution in [1.29, 1.82) is 0 Å². The molecule has 17 heavy (non-hydrogen) atoms. The first-order chi connectivity index (χ1) is 8.34. The van der Waals surface area contributed by atoms with Gasteiger partial charge in [0.2, 0.25) is 0 Å². The van der Waals surface area contributed by atoms with Crippen LogP contribution in [0.1, 0.15) is 35.8 Å². The largest absolute Gasteiger partial charge is 0.316 e. The van der Waals surface area contributed by atoms with Crippen LogP contribution in [0, 0.1) is 0 Å². The number of nitrogens with one attached hydrogen (secondary N) is 3. The average Bonchev–Trinajstić information content (AvgIpc) is 2.40. The fourth-order valence-electron chi connectivity index (χ4n) is 2.67. The molecule has 1 saturated heterocycles. The number of rotatable bonds is 1. The van der Waals surface area contributed by atoms with Crippen molar-refractivity contribution < 1.29 is 0 Å². The summed E-state index contributed by atoms with van der Waals surface area (Å²) >= 11 is 0. The van der Waals surface area contributed by atoms with E-state index in [1.807, 2.05) is 0 Å². The molecule has 0 saturated carbocycles. The van der Waals surface area contributed by atoms with Gasteiger partial charge in [-0.15, -0.1) is 0 Å². The highest BCUT2D eigenvalue weighted by Gasteiger charge is 2.21. The highest BCUT2D eigenvalue weighted by Crippen LogP contribution is 2.20. The van der Waals surface area contributed by atoms with Gasteiger partial charge < -0.3 is 15.6 Å². The van der Waals surface area contributed by atoms with Crippen molar-refractivity contribution in [2.75, 3.05) is 19.6 Å². The lowest BCUT2D eigenvalue weighted by molar-refractivity contribution is 0.442. The summed E-state index contributed by atoms with van der Waals surface area (Å²) in [7, 11) is 0. The van der Waals surface area contributed by atoms with Crippen molar-refractivity contribution in [3.63, 3.8) is 0 Å². The maximum absolute atomic E-state index is 12.0. The monoisotopic (exact) mass is 234 g/mol. The van der Waals surface area contributed by atoms with E-state index in [2.05, 4.69) is 20.6 Å². The van der Waals surface area contributed by atoms with Gasteiger partial charge in [0.15, 0.2) is 0 Å². The molecule has 0 aliphatic carbocycles. The van der Waals surface area contributed by atoms with E-state index in [0.717, 1.165) is 62.5 Å². The van der Waals surface area contributed by atoms with Gasteiger partial charge in [0.25, 0.3) is 5.56 Å². The van der Waals surface area contributed by atoms with E-state index in [-0.39, 0.29) is 5.56 Å². The fraction of sp³-hybridized carbons (Fsp3) is 0.667. The van der Waals surface area contributed by atoms with E-state index in [1.165, 1.54) is 0 Å². The van der Waals surface area contributed by atoms with Gasteiger partial charge in [0.05, 0.1) is 5.69 Å². The second kappa shape index (κ2) is 4.58. The standard InChI is InChI=1S/C12H18N4O/c17-12-9-3-5-14-7-10(9)15-11(16-12)8-2-1-4-13-6-8/h8,13-14H,1-7H2,(H,15,16,17). The third-order valence-electron chi connectivity index (χ3n) is 3.65. The molecule has 1 aromatic rings. The molecule has 1 unspecified atom stereocenters. The highest BCUT2D eigenvalue weighted by atomic mass is 16.1. The Kier molecular flexibility index (Phi) is 2.94. The zero-order valence-corrected chi connectivity index (χ0v) is 9.88. The van der Waals surface area contributed by atoms with Crippen LogP contribution in [0.3, 0.4) is 0 Å². The molecular weight excluding hydrogens is 216 g/mol. The molecule has 3 rings (SSSR count). The van der Waals surface area contributed by atoms with Gasteiger partial charge in [-0.2, -0.15) is 0 Å². The molecule has 2 aliphatic rings. The maximum Gasteiger partial charge on any atom is 0.254 e. The number of fused-ring (bicyclic) bond motifs is 1. The number of aromatic nitrogens is 2. The summed E-state index contributed by atoms with van der Waals surface area (Å²) in [4.78, 5) is 19.6. The van der Waals surface area contributed by atoms with Crippen LogP contribution in [0.25, 0.3) is 0 Å². The van der Waals surface area contributed by atoms with Crippen LogP contribution in [0.2, 0.25) is 0 Å².